The second kappa shape index (κ2) is 8.73. The molecule has 0 aliphatic carbocycles. The van der Waals surface area contributed by atoms with Gasteiger partial charge in [-0.2, -0.15) is 0 Å². The van der Waals surface area contributed by atoms with Crippen LogP contribution < -0.4 is 5.32 Å². The first-order chi connectivity index (χ1) is 11.1. The third-order valence-corrected chi connectivity index (χ3v) is 3.37. The molecule has 0 saturated heterocycles. The zero-order chi connectivity index (χ0) is 18.3. The van der Waals surface area contributed by atoms with Gasteiger partial charge in [-0.05, 0) is 45.4 Å². The van der Waals surface area contributed by atoms with Crippen LogP contribution in [0.2, 0.25) is 5.02 Å². The van der Waals surface area contributed by atoms with Crippen molar-refractivity contribution in [2.24, 2.45) is 5.92 Å². The maximum atomic E-state index is 12.2. The largest absolute Gasteiger partial charge is 0.461 e. The number of benzene rings is 1. The van der Waals surface area contributed by atoms with Crippen molar-refractivity contribution in [2.45, 2.75) is 39.3 Å². The van der Waals surface area contributed by atoms with Gasteiger partial charge in [0.25, 0.3) is 0 Å². The lowest BCUT2D eigenvalue weighted by Gasteiger charge is -2.27. The van der Waals surface area contributed by atoms with Gasteiger partial charge in [0.1, 0.15) is 12.2 Å². The van der Waals surface area contributed by atoms with Gasteiger partial charge in [-0.3, -0.25) is 4.79 Å². The molecular formula is C18H24ClNO4. The minimum Gasteiger partial charge on any atom is -0.461 e. The summed E-state index contributed by atoms with van der Waals surface area (Å²) in [5, 5.41) is 3.30. The number of hydrogen-bond acceptors (Lipinski definition) is 4. The van der Waals surface area contributed by atoms with Crippen molar-refractivity contribution in [3.05, 3.63) is 47.5 Å². The predicted molar refractivity (Wildman–Crippen MR) is 93.9 cm³/mol. The van der Waals surface area contributed by atoms with Crippen LogP contribution in [0, 0.1) is 5.92 Å². The number of rotatable bonds is 6. The summed E-state index contributed by atoms with van der Waals surface area (Å²) in [6.07, 6.45) is 0.884. The molecule has 0 aliphatic rings. The molecule has 132 valence electrons. The van der Waals surface area contributed by atoms with Crippen LogP contribution in [-0.4, -0.2) is 24.3 Å². The maximum Gasteiger partial charge on any atom is 0.408 e. The first kappa shape index (κ1) is 20.0. The van der Waals surface area contributed by atoms with E-state index in [0.717, 1.165) is 5.56 Å². The Balaban J connectivity index is 2.98. The second-order valence-corrected chi connectivity index (χ2v) is 6.82. The van der Waals surface area contributed by atoms with Gasteiger partial charge in [-0.25, -0.2) is 4.79 Å². The fourth-order valence-corrected chi connectivity index (χ4v) is 2.14. The van der Waals surface area contributed by atoms with Crippen LogP contribution in [0.15, 0.2) is 36.9 Å². The maximum absolute atomic E-state index is 12.2. The van der Waals surface area contributed by atoms with Crippen molar-refractivity contribution >= 4 is 23.7 Å². The number of alkyl carbamates (subject to hydrolysis) is 1. The normalized spacial score (nSPS) is 13.5. The molecule has 1 rings (SSSR count). The number of esters is 1. The first-order valence-electron chi connectivity index (χ1n) is 7.66. The molecule has 0 spiro atoms. The highest BCUT2D eigenvalue weighted by molar-refractivity contribution is 6.30. The van der Waals surface area contributed by atoms with Gasteiger partial charge in [-0.15, -0.1) is 0 Å². The molecule has 1 aromatic rings. The van der Waals surface area contributed by atoms with E-state index in [1.165, 1.54) is 6.08 Å². The average molecular weight is 354 g/mol. The molecule has 24 heavy (non-hydrogen) atoms. The number of halogens is 1. The summed E-state index contributed by atoms with van der Waals surface area (Å²) in [5.41, 5.74) is 0.0922. The smallest absolute Gasteiger partial charge is 0.408 e. The summed E-state index contributed by atoms with van der Waals surface area (Å²) in [6.45, 7) is 10.6. The second-order valence-electron chi connectivity index (χ2n) is 6.38. The molecule has 1 amide bonds. The molecule has 0 bridgehead atoms. The van der Waals surface area contributed by atoms with Crippen molar-refractivity contribution in [3.8, 4) is 0 Å². The number of amides is 1. The molecule has 5 nitrogen and oxygen atoms in total. The van der Waals surface area contributed by atoms with Crippen molar-refractivity contribution < 1.29 is 19.1 Å². The van der Waals surface area contributed by atoms with Gasteiger partial charge in [-0.1, -0.05) is 36.4 Å². The molecule has 0 radical (unpaired) electrons. The van der Waals surface area contributed by atoms with Gasteiger partial charge < -0.3 is 14.8 Å². The molecule has 0 aromatic heterocycles. The fraction of sp³-hybridized carbons (Fsp3) is 0.444. The van der Waals surface area contributed by atoms with Gasteiger partial charge in [0, 0.05) is 5.02 Å². The van der Waals surface area contributed by atoms with Crippen LogP contribution in [0.25, 0.3) is 0 Å². The predicted octanol–water partition coefficient (Wildman–Crippen LogP) is 4.27. The van der Waals surface area contributed by atoms with Crippen molar-refractivity contribution in [1.82, 2.24) is 5.32 Å². The summed E-state index contributed by atoms with van der Waals surface area (Å²) >= 11 is 5.91. The molecule has 1 aromatic carbocycles. The summed E-state index contributed by atoms with van der Waals surface area (Å²) in [5.74, 6) is -1.05. The zero-order valence-electron chi connectivity index (χ0n) is 14.5. The molecule has 0 heterocycles. The Morgan fingerprint density at radius 3 is 2.38 bits per heavy atom. The van der Waals surface area contributed by atoms with E-state index in [1.807, 2.05) is 0 Å². The SMILES string of the molecule is C=CCOC(=O)[C@@H](C)[C@H](NC(=O)OC(C)(C)C)c1ccc(Cl)cc1. The Kier molecular flexibility index (Phi) is 7.29. The van der Waals surface area contributed by atoms with E-state index < -0.39 is 29.6 Å². The molecule has 0 aliphatic heterocycles. The van der Waals surface area contributed by atoms with Gasteiger partial charge in [0.05, 0.1) is 12.0 Å². The quantitative estimate of drug-likeness (QED) is 0.612. The van der Waals surface area contributed by atoms with E-state index >= 15 is 0 Å². The lowest BCUT2D eigenvalue weighted by Crippen LogP contribution is -2.39. The number of hydrogen-bond donors (Lipinski definition) is 1. The molecule has 0 fully saturated rings. The third-order valence-electron chi connectivity index (χ3n) is 3.12. The Morgan fingerprint density at radius 1 is 1.29 bits per heavy atom. The molecule has 2 atom stereocenters. The first-order valence-corrected chi connectivity index (χ1v) is 8.04. The lowest BCUT2D eigenvalue weighted by molar-refractivity contribution is -0.147. The van der Waals surface area contributed by atoms with Crippen LogP contribution in [0.4, 0.5) is 4.79 Å². The van der Waals surface area contributed by atoms with Crippen molar-refractivity contribution in [3.63, 3.8) is 0 Å². The molecule has 0 unspecified atom stereocenters. The van der Waals surface area contributed by atoms with Crippen LogP contribution in [0.3, 0.4) is 0 Å². The number of nitrogens with one attached hydrogen (secondary N) is 1. The molecule has 6 heteroatoms. The van der Waals surface area contributed by atoms with E-state index in [-0.39, 0.29) is 6.61 Å². The number of carbonyl (C=O) groups excluding carboxylic acids is 2. The van der Waals surface area contributed by atoms with Gasteiger partial charge in [0.2, 0.25) is 0 Å². The van der Waals surface area contributed by atoms with Crippen LogP contribution in [-0.2, 0) is 14.3 Å². The summed E-state index contributed by atoms with van der Waals surface area (Å²) < 4.78 is 10.4. The fourth-order valence-electron chi connectivity index (χ4n) is 2.01. The minimum atomic E-state index is -0.638. The summed E-state index contributed by atoms with van der Waals surface area (Å²) in [7, 11) is 0. The van der Waals surface area contributed by atoms with E-state index in [0.29, 0.717) is 5.02 Å². The van der Waals surface area contributed by atoms with E-state index in [2.05, 4.69) is 11.9 Å². The highest BCUT2D eigenvalue weighted by Gasteiger charge is 2.30. The Hall–Kier alpha value is -2.01. The zero-order valence-corrected chi connectivity index (χ0v) is 15.2. The lowest BCUT2D eigenvalue weighted by atomic mass is 9.94. The van der Waals surface area contributed by atoms with Gasteiger partial charge in [0.15, 0.2) is 0 Å². The molecule has 1 N–H and O–H groups in total. The Labute approximate surface area is 148 Å². The Morgan fingerprint density at radius 2 is 1.88 bits per heavy atom. The highest BCUT2D eigenvalue weighted by atomic mass is 35.5. The van der Waals surface area contributed by atoms with E-state index in [4.69, 9.17) is 21.1 Å². The molecule has 0 saturated carbocycles. The standard InChI is InChI=1S/C18H24ClNO4/c1-6-11-23-16(21)12(2)15(13-7-9-14(19)10-8-13)20-17(22)24-18(3,4)5/h6-10,12,15H,1,11H2,2-5H3,(H,20,22)/t12-,15-/m0/s1. The van der Waals surface area contributed by atoms with Crippen LogP contribution in [0.1, 0.15) is 39.3 Å². The third kappa shape index (κ3) is 6.62. The average Bonchev–Trinajstić information content (AvgIpc) is 2.49. The van der Waals surface area contributed by atoms with E-state index in [1.54, 1.807) is 52.0 Å². The van der Waals surface area contributed by atoms with Crippen molar-refractivity contribution in [2.75, 3.05) is 6.61 Å². The summed E-state index contributed by atoms with van der Waals surface area (Å²) in [4.78, 5) is 24.3. The van der Waals surface area contributed by atoms with Gasteiger partial charge >= 0.3 is 12.1 Å². The number of ether oxygens (including phenoxy) is 2. The van der Waals surface area contributed by atoms with E-state index in [9.17, 15) is 9.59 Å². The monoisotopic (exact) mass is 353 g/mol. The molecular weight excluding hydrogens is 330 g/mol. The summed E-state index contributed by atoms with van der Waals surface area (Å²) in [6, 6.07) is 6.29. The Bertz CT molecular complexity index is 578. The number of carbonyl (C=O) groups is 2. The topological polar surface area (TPSA) is 64.6 Å². The van der Waals surface area contributed by atoms with Crippen LogP contribution >= 0.6 is 11.6 Å². The van der Waals surface area contributed by atoms with Crippen LogP contribution in [0.5, 0.6) is 0 Å². The highest BCUT2D eigenvalue weighted by Crippen LogP contribution is 2.25. The minimum absolute atomic E-state index is 0.114. The van der Waals surface area contributed by atoms with Crippen molar-refractivity contribution in [1.29, 1.82) is 0 Å².